The standard InChI is InChI=1S/C19H22N2O2/c1-4-11-23-17-10-6-8-14-13(7-5-9-15(14)17)12-16-18(22)20-21-19(16,2)3/h5-10,12,21H,4,11H2,1-3H3,(H,20,22)/b16-12+. The lowest BCUT2D eigenvalue weighted by atomic mass is 9.92. The molecule has 4 heteroatoms. The maximum atomic E-state index is 12.1. The van der Waals surface area contributed by atoms with Gasteiger partial charge in [-0.3, -0.25) is 10.2 Å². The molecule has 4 nitrogen and oxygen atoms in total. The Labute approximate surface area is 136 Å². The highest BCUT2D eigenvalue weighted by Crippen LogP contribution is 2.31. The molecule has 1 aliphatic heterocycles. The van der Waals surface area contributed by atoms with Crippen LogP contribution in [-0.2, 0) is 4.79 Å². The molecule has 0 atom stereocenters. The molecule has 3 rings (SSSR count). The van der Waals surface area contributed by atoms with Crippen molar-refractivity contribution < 1.29 is 9.53 Å². The lowest BCUT2D eigenvalue weighted by Crippen LogP contribution is -2.38. The van der Waals surface area contributed by atoms with E-state index in [9.17, 15) is 4.79 Å². The van der Waals surface area contributed by atoms with Crippen molar-refractivity contribution in [2.24, 2.45) is 0 Å². The number of hydrazine groups is 1. The molecular weight excluding hydrogens is 288 g/mol. The van der Waals surface area contributed by atoms with Crippen molar-refractivity contribution in [3.63, 3.8) is 0 Å². The topological polar surface area (TPSA) is 50.4 Å². The number of fused-ring (bicyclic) bond motifs is 1. The molecule has 1 fully saturated rings. The molecular formula is C19H22N2O2. The van der Waals surface area contributed by atoms with E-state index in [1.807, 2.05) is 44.2 Å². The maximum Gasteiger partial charge on any atom is 0.263 e. The van der Waals surface area contributed by atoms with Crippen molar-refractivity contribution in [2.75, 3.05) is 6.61 Å². The minimum absolute atomic E-state index is 0.0783. The van der Waals surface area contributed by atoms with E-state index in [0.717, 1.165) is 34.1 Å². The van der Waals surface area contributed by atoms with Crippen LogP contribution in [0.3, 0.4) is 0 Å². The van der Waals surface area contributed by atoms with Gasteiger partial charge in [-0.25, -0.2) is 5.43 Å². The molecule has 1 aliphatic rings. The Bertz CT molecular complexity index is 778. The summed E-state index contributed by atoms with van der Waals surface area (Å²) in [5.74, 6) is 0.809. The van der Waals surface area contributed by atoms with Gasteiger partial charge in [0.2, 0.25) is 0 Å². The Morgan fingerprint density at radius 1 is 1.13 bits per heavy atom. The average molecular weight is 310 g/mol. The maximum absolute atomic E-state index is 12.1. The fraction of sp³-hybridized carbons (Fsp3) is 0.316. The van der Waals surface area contributed by atoms with Gasteiger partial charge in [0.1, 0.15) is 5.75 Å². The van der Waals surface area contributed by atoms with Gasteiger partial charge < -0.3 is 4.74 Å². The number of hydrogen-bond acceptors (Lipinski definition) is 3. The molecule has 2 N–H and O–H groups in total. The molecule has 2 aromatic rings. The van der Waals surface area contributed by atoms with Crippen molar-refractivity contribution in [1.29, 1.82) is 0 Å². The Morgan fingerprint density at radius 3 is 2.57 bits per heavy atom. The van der Waals surface area contributed by atoms with E-state index < -0.39 is 5.54 Å². The number of nitrogens with one attached hydrogen (secondary N) is 2. The van der Waals surface area contributed by atoms with Gasteiger partial charge in [-0.2, -0.15) is 0 Å². The molecule has 1 amide bonds. The third-order valence-corrected chi connectivity index (χ3v) is 4.08. The number of hydrogen-bond donors (Lipinski definition) is 2. The van der Waals surface area contributed by atoms with Crippen LogP contribution in [0.5, 0.6) is 5.75 Å². The molecule has 0 spiro atoms. The van der Waals surface area contributed by atoms with E-state index in [4.69, 9.17) is 4.74 Å². The Morgan fingerprint density at radius 2 is 1.87 bits per heavy atom. The van der Waals surface area contributed by atoms with Crippen molar-refractivity contribution in [2.45, 2.75) is 32.7 Å². The average Bonchev–Trinajstić information content (AvgIpc) is 2.80. The molecule has 0 radical (unpaired) electrons. The monoisotopic (exact) mass is 310 g/mol. The zero-order valence-electron chi connectivity index (χ0n) is 13.8. The van der Waals surface area contributed by atoms with Crippen molar-refractivity contribution in [1.82, 2.24) is 10.9 Å². The largest absolute Gasteiger partial charge is 0.493 e. The van der Waals surface area contributed by atoms with Crippen molar-refractivity contribution >= 4 is 22.8 Å². The third-order valence-electron chi connectivity index (χ3n) is 4.08. The molecule has 0 aliphatic carbocycles. The summed E-state index contributed by atoms with van der Waals surface area (Å²) in [4.78, 5) is 12.1. The van der Waals surface area contributed by atoms with Crippen molar-refractivity contribution in [3.05, 3.63) is 47.5 Å². The fourth-order valence-electron chi connectivity index (χ4n) is 2.80. The summed E-state index contributed by atoms with van der Waals surface area (Å²) in [5.41, 5.74) is 7.05. The molecule has 1 saturated heterocycles. The van der Waals surface area contributed by atoms with E-state index in [-0.39, 0.29) is 5.91 Å². The Balaban J connectivity index is 2.10. The van der Waals surface area contributed by atoms with Crippen LogP contribution in [0.2, 0.25) is 0 Å². The number of carbonyl (C=O) groups excluding carboxylic acids is 1. The Kier molecular flexibility index (Phi) is 4.09. The van der Waals surface area contributed by atoms with Gasteiger partial charge in [0.05, 0.1) is 12.1 Å². The van der Waals surface area contributed by atoms with Crippen LogP contribution in [-0.4, -0.2) is 18.1 Å². The zero-order valence-corrected chi connectivity index (χ0v) is 13.8. The second-order valence-electron chi connectivity index (χ2n) is 6.31. The van der Waals surface area contributed by atoms with Gasteiger partial charge in [-0.1, -0.05) is 37.3 Å². The summed E-state index contributed by atoms with van der Waals surface area (Å²) in [6, 6.07) is 12.1. The fourth-order valence-corrected chi connectivity index (χ4v) is 2.80. The third kappa shape index (κ3) is 2.94. The summed E-state index contributed by atoms with van der Waals surface area (Å²) in [6.45, 7) is 6.76. The van der Waals surface area contributed by atoms with E-state index in [0.29, 0.717) is 6.61 Å². The number of benzene rings is 2. The van der Waals surface area contributed by atoms with E-state index in [2.05, 4.69) is 29.9 Å². The van der Waals surface area contributed by atoms with Gasteiger partial charge in [0.25, 0.3) is 5.91 Å². The molecule has 1 heterocycles. The van der Waals surface area contributed by atoms with Crippen LogP contribution in [0.25, 0.3) is 16.8 Å². The molecule has 0 bridgehead atoms. The SMILES string of the molecule is CCCOc1cccc2c(/C=C3\C(=O)NNC3(C)C)cccc12. The second kappa shape index (κ2) is 6.05. The zero-order chi connectivity index (χ0) is 16.4. The molecule has 120 valence electrons. The van der Waals surface area contributed by atoms with Crippen LogP contribution in [0.15, 0.2) is 42.0 Å². The smallest absolute Gasteiger partial charge is 0.263 e. The number of ether oxygens (including phenoxy) is 1. The Hall–Kier alpha value is -2.33. The highest BCUT2D eigenvalue weighted by Gasteiger charge is 2.34. The summed E-state index contributed by atoms with van der Waals surface area (Å²) in [5, 5.41) is 2.16. The first kappa shape index (κ1) is 15.6. The number of carbonyl (C=O) groups is 1. The number of rotatable bonds is 4. The molecule has 23 heavy (non-hydrogen) atoms. The van der Waals surface area contributed by atoms with Crippen LogP contribution in [0, 0.1) is 0 Å². The molecule has 0 aromatic heterocycles. The van der Waals surface area contributed by atoms with Crippen molar-refractivity contribution in [3.8, 4) is 5.75 Å². The highest BCUT2D eigenvalue weighted by molar-refractivity contribution is 6.04. The highest BCUT2D eigenvalue weighted by atomic mass is 16.5. The summed E-state index contributed by atoms with van der Waals surface area (Å²) in [6.07, 6.45) is 2.93. The quantitative estimate of drug-likeness (QED) is 0.851. The minimum atomic E-state index is -0.393. The van der Waals surface area contributed by atoms with Gasteiger partial charge >= 0.3 is 0 Å². The molecule has 0 saturated carbocycles. The first-order valence-corrected chi connectivity index (χ1v) is 7.97. The van der Waals surface area contributed by atoms with Crippen LogP contribution in [0.4, 0.5) is 0 Å². The molecule has 0 unspecified atom stereocenters. The lowest BCUT2D eigenvalue weighted by molar-refractivity contribution is -0.116. The first-order valence-electron chi connectivity index (χ1n) is 7.97. The number of amides is 1. The lowest BCUT2D eigenvalue weighted by Gasteiger charge is -2.17. The normalized spacial score (nSPS) is 18.4. The van der Waals surface area contributed by atoms with E-state index in [1.165, 1.54) is 0 Å². The van der Waals surface area contributed by atoms with Gasteiger partial charge in [-0.15, -0.1) is 0 Å². The van der Waals surface area contributed by atoms with E-state index in [1.54, 1.807) is 0 Å². The van der Waals surface area contributed by atoms with Crippen LogP contribution >= 0.6 is 0 Å². The summed E-state index contributed by atoms with van der Waals surface area (Å²) in [7, 11) is 0. The predicted molar refractivity (Wildman–Crippen MR) is 93.1 cm³/mol. The van der Waals surface area contributed by atoms with Crippen LogP contribution in [0.1, 0.15) is 32.8 Å². The minimum Gasteiger partial charge on any atom is -0.493 e. The van der Waals surface area contributed by atoms with E-state index >= 15 is 0 Å². The van der Waals surface area contributed by atoms with Gasteiger partial charge in [0.15, 0.2) is 0 Å². The van der Waals surface area contributed by atoms with Gasteiger partial charge in [-0.05, 0) is 43.4 Å². The molecule has 2 aromatic carbocycles. The predicted octanol–water partition coefficient (Wildman–Crippen LogP) is 3.43. The first-order chi connectivity index (χ1) is 11.0. The van der Waals surface area contributed by atoms with Gasteiger partial charge in [0, 0.05) is 11.0 Å². The second-order valence-corrected chi connectivity index (χ2v) is 6.31. The summed E-state index contributed by atoms with van der Waals surface area (Å²) >= 11 is 0. The summed E-state index contributed by atoms with van der Waals surface area (Å²) < 4.78 is 5.84. The van der Waals surface area contributed by atoms with Crippen LogP contribution < -0.4 is 15.6 Å².